The second-order valence-electron chi connectivity index (χ2n) is 8.20. The topological polar surface area (TPSA) is 97.4 Å². The quantitative estimate of drug-likeness (QED) is 0.200. The normalized spacial score (nSPS) is 17.7. The van der Waals surface area contributed by atoms with Crippen LogP contribution >= 0.6 is 11.6 Å². The van der Waals surface area contributed by atoms with Crippen LogP contribution in [-0.4, -0.2) is 37.5 Å². The molecule has 0 spiro atoms. The summed E-state index contributed by atoms with van der Waals surface area (Å²) in [7, 11) is 0. The van der Waals surface area contributed by atoms with Gasteiger partial charge in [0.2, 0.25) is 12.1 Å². The number of nitrogens with one attached hydrogen (secondary N) is 1. The van der Waals surface area contributed by atoms with Gasteiger partial charge in [0.25, 0.3) is 5.91 Å². The average molecular weight is 476 g/mol. The summed E-state index contributed by atoms with van der Waals surface area (Å²) >= 11 is 6.08. The molecule has 172 valence electrons. The van der Waals surface area contributed by atoms with E-state index in [1.807, 2.05) is 29.4 Å². The highest BCUT2D eigenvalue weighted by Gasteiger charge is 2.44. The number of likely N-dealkylation sites (tertiary alicyclic amines) is 1. The minimum Gasteiger partial charge on any atom is -0.871 e. The van der Waals surface area contributed by atoms with Crippen LogP contribution in [0.1, 0.15) is 29.4 Å². The molecule has 1 aliphatic rings. The highest BCUT2D eigenvalue weighted by Crippen LogP contribution is 2.39. The molecule has 1 amide bonds. The molecule has 5 rings (SSSR count). The lowest BCUT2D eigenvalue weighted by molar-refractivity contribution is -0.695. The number of pyridine rings is 1. The summed E-state index contributed by atoms with van der Waals surface area (Å²) in [5.74, 6) is -1.93. The highest BCUT2D eigenvalue weighted by atomic mass is 35.5. The van der Waals surface area contributed by atoms with Crippen LogP contribution < -0.4 is 9.67 Å². The summed E-state index contributed by atoms with van der Waals surface area (Å²) in [6, 6.07) is 11.5. The fraction of sp³-hybridized carbons (Fsp3) is 0.200. The fourth-order valence-electron chi connectivity index (χ4n) is 4.49. The molecule has 1 fully saturated rings. The smallest absolute Gasteiger partial charge is 0.295 e. The minimum absolute atomic E-state index is 0.0598. The molecular weight excluding hydrogens is 454 g/mol. The molecule has 1 N–H and O–H groups in total. The van der Waals surface area contributed by atoms with Crippen molar-refractivity contribution in [1.29, 1.82) is 0 Å². The van der Waals surface area contributed by atoms with Crippen molar-refractivity contribution >= 4 is 34.7 Å². The van der Waals surface area contributed by atoms with Gasteiger partial charge >= 0.3 is 0 Å². The maximum atomic E-state index is 13.8. The third-order valence-corrected chi connectivity index (χ3v) is 6.30. The standard InChI is InChI=1S/C25H22ClN5O3/c1-16-21(30-12-3-2-5-19(30)28-16)23(32)20-22(17-6-8-18(26)9-7-17)31(25(34)24(20)33)13-4-11-29-14-10-27-15-29/h2-3,5-10,12,14-15,22H,4,11,13H2,1H3,(H,32,33). The number of rotatable bonds is 6. The van der Waals surface area contributed by atoms with Gasteiger partial charge in [-0.05, 0) is 36.8 Å². The van der Waals surface area contributed by atoms with E-state index in [0.717, 1.165) is 0 Å². The number of ketones is 1. The zero-order valence-corrected chi connectivity index (χ0v) is 19.2. The molecule has 0 saturated carbocycles. The molecule has 1 atom stereocenters. The van der Waals surface area contributed by atoms with Crippen molar-refractivity contribution in [3.8, 4) is 0 Å². The van der Waals surface area contributed by atoms with Crippen LogP contribution in [0.25, 0.3) is 11.4 Å². The Kier molecular flexibility index (Phi) is 5.67. The van der Waals surface area contributed by atoms with Crippen LogP contribution in [0, 0.1) is 6.92 Å². The molecule has 3 aromatic heterocycles. The van der Waals surface area contributed by atoms with E-state index in [2.05, 4.69) is 9.97 Å². The summed E-state index contributed by atoms with van der Waals surface area (Å²) in [6.45, 7) is 2.70. The Balaban J connectivity index is 1.60. The number of imidazole rings is 2. The third kappa shape index (κ3) is 3.76. The van der Waals surface area contributed by atoms with Crippen LogP contribution in [0.15, 0.2) is 73.0 Å². The van der Waals surface area contributed by atoms with Crippen molar-refractivity contribution in [1.82, 2.24) is 19.3 Å². The molecule has 1 saturated heterocycles. The molecule has 34 heavy (non-hydrogen) atoms. The Morgan fingerprint density at radius 2 is 2.00 bits per heavy atom. The number of halogens is 1. The van der Waals surface area contributed by atoms with Crippen molar-refractivity contribution in [2.75, 3.05) is 6.54 Å². The number of hydrogen-bond acceptors (Lipinski definition) is 4. The number of aryl methyl sites for hydroxylation is 2. The van der Waals surface area contributed by atoms with Crippen LogP contribution in [0.2, 0.25) is 5.02 Å². The van der Waals surface area contributed by atoms with E-state index < -0.39 is 23.5 Å². The first-order chi connectivity index (χ1) is 16.5. The first kappa shape index (κ1) is 21.9. The van der Waals surface area contributed by atoms with Gasteiger partial charge in [-0.1, -0.05) is 35.6 Å². The number of hydrogen-bond donors (Lipinski definition) is 1. The van der Waals surface area contributed by atoms with Crippen LogP contribution in [0.5, 0.6) is 0 Å². The molecule has 4 heterocycles. The van der Waals surface area contributed by atoms with Gasteiger partial charge in [0.1, 0.15) is 18.0 Å². The number of amides is 1. The Morgan fingerprint density at radius 3 is 2.74 bits per heavy atom. The number of Topliss-reactive ketones (excluding diaryl/α,β-unsaturated/α-hetero) is 1. The lowest BCUT2D eigenvalue weighted by Crippen LogP contribution is -2.36. The van der Waals surface area contributed by atoms with E-state index in [4.69, 9.17) is 11.6 Å². The lowest BCUT2D eigenvalue weighted by atomic mass is 9.96. The molecule has 0 aliphatic carbocycles. The number of aromatic nitrogens is 4. The van der Waals surface area contributed by atoms with Crippen molar-refractivity contribution in [2.24, 2.45) is 0 Å². The van der Waals surface area contributed by atoms with Crippen molar-refractivity contribution in [3.63, 3.8) is 0 Å². The number of aromatic amines is 1. The molecule has 1 aliphatic heterocycles. The van der Waals surface area contributed by atoms with E-state index in [0.29, 0.717) is 41.4 Å². The van der Waals surface area contributed by atoms with E-state index >= 15 is 0 Å². The van der Waals surface area contributed by atoms with Crippen LogP contribution in [0.4, 0.5) is 0 Å². The van der Waals surface area contributed by atoms with Gasteiger partial charge in [-0.15, -0.1) is 0 Å². The first-order valence-electron chi connectivity index (χ1n) is 10.9. The fourth-order valence-corrected chi connectivity index (χ4v) is 4.62. The molecule has 9 heteroatoms. The predicted molar refractivity (Wildman–Crippen MR) is 123 cm³/mol. The number of benzene rings is 1. The Labute approximate surface area is 200 Å². The van der Waals surface area contributed by atoms with Gasteiger partial charge < -0.3 is 14.4 Å². The minimum atomic E-state index is -0.797. The van der Waals surface area contributed by atoms with Gasteiger partial charge in [0.15, 0.2) is 0 Å². The van der Waals surface area contributed by atoms with E-state index in [9.17, 15) is 14.7 Å². The Morgan fingerprint density at radius 1 is 1.21 bits per heavy atom. The summed E-state index contributed by atoms with van der Waals surface area (Å²) < 4.78 is 3.61. The SMILES string of the molecule is Cc1nc2ccccn2c1C([O-])=C1C(=O)C(=O)N(CCC[n+]2cc[nH]c2)C1c1ccc(Cl)cc1. The largest absolute Gasteiger partial charge is 0.871 e. The van der Waals surface area contributed by atoms with Gasteiger partial charge in [0, 0.05) is 29.8 Å². The number of carbonyl (C=O) groups is 2. The van der Waals surface area contributed by atoms with Crippen molar-refractivity contribution in [3.05, 3.63) is 94.9 Å². The molecule has 8 nitrogen and oxygen atoms in total. The van der Waals surface area contributed by atoms with Gasteiger partial charge in [-0.25, -0.2) is 9.55 Å². The molecule has 0 bridgehead atoms. The van der Waals surface area contributed by atoms with E-state index in [1.54, 1.807) is 53.9 Å². The molecule has 4 aromatic rings. The molecule has 0 radical (unpaired) electrons. The zero-order chi connectivity index (χ0) is 23.8. The molecular formula is C25H22ClN5O3. The first-order valence-corrected chi connectivity index (χ1v) is 11.3. The molecule has 1 aromatic carbocycles. The Bertz CT molecular complexity index is 1410. The maximum absolute atomic E-state index is 13.8. The second kappa shape index (κ2) is 8.79. The van der Waals surface area contributed by atoms with Crippen LogP contribution in [0.3, 0.4) is 0 Å². The maximum Gasteiger partial charge on any atom is 0.295 e. The Hall–Kier alpha value is -3.91. The predicted octanol–water partition coefficient (Wildman–Crippen LogP) is 2.23. The third-order valence-electron chi connectivity index (χ3n) is 6.05. The second-order valence-corrected chi connectivity index (χ2v) is 8.64. The zero-order valence-electron chi connectivity index (χ0n) is 18.4. The monoisotopic (exact) mass is 475 g/mol. The van der Waals surface area contributed by atoms with Crippen LogP contribution in [-0.2, 0) is 16.1 Å². The van der Waals surface area contributed by atoms with E-state index in [-0.39, 0.29) is 11.3 Å². The van der Waals surface area contributed by atoms with E-state index in [1.165, 1.54) is 4.90 Å². The highest BCUT2D eigenvalue weighted by molar-refractivity contribution is 6.46. The number of carbonyl (C=O) groups excluding carboxylic acids is 2. The summed E-state index contributed by atoms with van der Waals surface area (Å²) in [4.78, 5) is 35.3. The van der Waals surface area contributed by atoms with Crippen molar-refractivity contribution in [2.45, 2.75) is 25.9 Å². The van der Waals surface area contributed by atoms with Gasteiger partial charge in [-0.3, -0.25) is 14.6 Å². The van der Waals surface area contributed by atoms with Gasteiger partial charge in [0.05, 0.1) is 24.0 Å². The van der Waals surface area contributed by atoms with Gasteiger partial charge in [-0.2, -0.15) is 0 Å². The number of nitrogens with zero attached hydrogens (tertiary/aromatic N) is 4. The number of H-pyrrole nitrogens is 1. The summed E-state index contributed by atoms with van der Waals surface area (Å²) in [5.41, 5.74) is 1.99. The molecule has 1 unspecified atom stereocenters. The number of fused-ring (bicyclic) bond motifs is 1. The summed E-state index contributed by atoms with van der Waals surface area (Å²) in [6.07, 6.45) is 7.86. The summed E-state index contributed by atoms with van der Waals surface area (Å²) in [5, 5.41) is 14.4. The lowest BCUT2D eigenvalue weighted by Gasteiger charge is -2.27. The average Bonchev–Trinajstić information content (AvgIpc) is 3.52. The van der Waals surface area contributed by atoms with Crippen molar-refractivity contribution < 1.29 is 19.3 Å².